The van der Waals surface area contributed by atoms with Crippen molar-refractivity contribution in [2.24, 2.45) is 0 Å². The number of nitrogens with zero attached hydrogens (tertiary/aromatic N) is 3. The largest absolute Gasteiger partial charge is 0.360 e. The summed E-state index contributed by atoms with van der Waals surface area (Å²) in [6.07, 6.45) is 3.54. The van der Waals surface area contributed by atoms with Gasteiger partial charge in [0.1, 0.15) is 6.04 Å². The highest BCUT2D eigenvalue weighted by molar-refractivity contribution is 7.15. The van der Waals surface area contributed by atoms with E-state index < -0.39 is 0 Å². The molecule has 2 rings (SSSR count). The second kappa shape index (κ2) is 7.07. The molecule has 7 heteroatoms. The molecule has 1 amide bonds. The van der Waals surface area contributed by atoms with Gasteiger partial charge in [-0.25, -0.2) is 4.98 Å². The zero-order valence-electron chi connectivity index (χ0n) is 13.3. The number of nitrogens with one attached hydrogen (secondary N) is 2. The van der Waals surface area contributed by atoms with Crippen LogP contribution in [0.3, 0.4) is 0 Å². The first kappa shape index (κ1) is 16.7. The molecule has 2 N–H and O–H groups in total. The van der Waals surface area contributed by atoms with Crippen LogP contribution in [-0.2, 0) is 4.79 Å². The van der Waals surface area contributed by atoms with E-state index in [0.717, 1.165) is 18.0 Å². The number of amides is 1. The van der Waals surface area contributed by atoms with E-state index >= 15 is 0 Å². The molecular weight excluding hydrogens is 298 g/mol. The Hall–Kier alpha value is -1.65. The highest BCUT2D eigenvalue weighted by Gasteiger charge is 2.29. The predicted molar refractivity (Wildman–Crippen MR) is 87.8 cm³/mol. The number of carbonyl (C=O) groups is 1. The van der Waals surface area contributed by atoms with Crippen molar-refractivity contribution in [3.8, 4) is 6.07 Å². The van der Waals surface area contributed by atoms with Gasteiger partial charge in [0, 0.05) is 29.7 Å². The van der Waals surface area contributed by atoms with E-state index in [2.05, 4.69) is 21.7 Å². The Morgan fingerprint density at radius 3 is 3.05 bits per heavy atom. The van der Waals surface area contributed by atoms with Crippen LogP contribution in [0.1, 0.15) is 31.6 Å². The van der Waals surface area contributed by atoms with Crippen molar-refractivity contribution in [1.29, 1.82) is 5.26 Å². The molecule has 6 nitrogen and oxygen atoms in total. The summed E-state index contributed by atoms with van der Waals surface area (Å²) < 4.78 is 0. The van der Waals surface area contributed by atoms with Crippen LogP contribution in [0.4, 0.5) is 5.13 Å². The maximum atomic E-state index is 12.2. The number of anilines is 1. The molecule has 0 unspecified atom stereocenters. The van der Waals surface area contributed by atoms with E-state index in [0.29, 0.717) is 13.1 Å². The first-order chi connectivity index (χ1) is 10.4. The Morgan fingerprint density at radius 1 is 1.64 bits per heavy atom. The summed E-state index contributed by atoms with van der Waals surface area (Å²) in [7, 11) is 0. The molecule has 1 aromatic rings. The molecule has 1 atom stereocenters. The SMILES string of the molecule is Cc1cnc(NCC(C)(C)NCC(=O)N2CCC[C@H]2C#N)s1. The van der Waals surface area contributed by atoms with Gasteiger partial charge < -0.3 is 15.5 Å². The van der Waals surface area contributed by atoms with Gasteiger partial charge in [0.2, 0.25) is 5.91 Å². The molecule has 0 bridgehead atoms. The van der Waals surface area contributed by atoms with Gasteiger partial charge in [0.25, 0.3) is 0 Å². The smallest absolute Gasteiger partial charge is 0.237 e. The molecule has 1 fully saturated rings. The fraction of sp³-hybridized carbons (Fsp3) is 0.667. The van der Waals surface area contributed by atoms with E-state index in [9.17, 15) is 4.79 Å². The Kier molecular flexibility index (Phi) is 5.37. The minimum absolute atomic E-state index is 0.00205. The van der Waals surface area contributed by atoms with Crippen molar-refractivity contribution < 1.29 is 4.79 Å². The molecule has 2 heterocycles. The molecular formula is C15H23N5OS. The van der Waals surface area contributed by atoms with E-state index in [1.807, 2.05) is 27.0 Å². The van der Waals surface area contributed by atoms with Crippen molar-refractivity contribution in [2.75, 3.05) is 25.0 Å². The van der Waals surface area contributed by atoms with Crippen molar-refractivity contribution in [3.05, 3.63) is 11.1 Å². The molecule has 120 valence electrons. The number of hydrogen-bond acceptors (Lipinski definition) is 6. The quantitative estimate of drug-likeness (QED) is 0.834. The van der Waals surface area contributed by atoms with Crippen LogP contribution in [0, 0.1) is 18.3 Å². The van der Waals surface area contributed by atoms with E-state index in [4.69, 9.17) is 5.26 Å². The monoisotopic (exact) mass is 321 g/mol. The highest BCUT2D eigenvalue weighted by Crippen LogP contribution is 2.18. The topological polar surface area (TPSA) is 81.1 Å². The first-order valence-electron chi connectivity index (χ1n) is 7.52. The molecule has 22 heavy (non-hydrogen) atoms. The van der Waals surface area contributed by atoms with E-state index in [1.54, 1.807) is 16.2 Å². The summed E-state index contributed by atoms with van der Waals surface area (Å²) >= 11 is 1.62. The number of aryl methyl sites for hydroxylation is 1. The van der Waals surface area contributed by atoms with Gasteiger partial charge in [-0.05, 0) is 33.6 Å². The van der Waals surface area contributed by atoms with Crippen molar-refractivity contribution in [1.82, 2.24) is 15.2 Å². The van der Waals surface area contributed by atoms with Crippen LogP contribution in [0.5, 0.6) is 0 Å². The minimum atomic E-state index is -0.256. The van der Waals surface area contributed by atoms with E-state index in [-0.39, 0.29) is 24.0 Å². The number of thiazole rings is 1. The average Bonchev–Trinajstić information content (AvgIpc) is 3.11. The third-order valence-corrected chi connectivity index (χ3v) is 4.61. The number of aromatic nitrogens is 1. The van der Waals surface area contributed by atoms with Gasteiger partial charge in [-0.1, -0.05) is 0 Å². The van der Waals surface area contributed by atoms with Crippen molar-refractivity contribution >= 4 is 22.4 Å². The van der Waals surface area contributed by atoms with Crippen LogP contribution >= 0.6 is 11.3 Å². The fourth-order valence-electron chi connectivity index (χ4n) is 2.41. The van der Waals surface area contributed by atoms with Gasteiger partial charge in [0.15, 0.2) is 5.13 Å². The lowest BCUT2D eigenvalue weighted by Crippen LogP contribution is -2.50. The summed E-state index contributed by atoms with van der Waals surface area (Å²) in [4.78, 5) is 19.3. The predicted octanol–water partition coefficient (Wildman–Crippen LogP) is 1.75. The van der Waals surface area contributed by atoms with Crippen LogP contribution in [0.15, 0.2) is 6.20 Å². The number of hydrogen-bond donors (Lipinski definition) is 2. The van der Waals surface area contributed by atoms with Gasteiger partial charge in [-0.15, -0.1) is 11.3 Å². The van der Waals surface area contributed by atoms with Gasteiger partial charge in [0.05, 0.1) is 12.6 Å². The average molecular weight is 321 g/mol. The zero-order chi connectivity index (χ0) is 16.2. The Morgan fingerprint density at radius 2 is 2.41 bits per heavy atom. The summed E-state index contributed by atoms with van der Waals surface area (Å²) in [5.74, 6) is 0.00205. The summed E-state index contributed by atoms with van der Waals surface area (Å²) in [6, 6.07) is 1.94. The lowest BCUT2D eigenvalue weighted by Gasteiger charge is -2.28. The van der Waals surface area contributed by atoms with Crippen molar-refractivity contribution in [3.63, 3.8) is 0 Å². The molecule has 0 spiro atoms. The fourth-order valence-corrected chi connectivity index (χ4v) is 3.07. The number of rotatable bonds is 6. The normalized spacial score (nSPS) is 18.3. The standard InChI is InChI=1S/C15H23N5OS/c1-11-8-17-14(22-11)18-10-15(2,3)19-9-13(21)20-6-4-5-12(20)7-16/h8,12,19H,4-6,9-10H2,1-3H3,(H,17,18)/t12-/m0/s1. The Bertz CT molecular complexity index is 563. The Balaban J connectivity index is 1.79. The van der Waals surface area contributed by atoms with Gasteiger partial charge in [-0.2, -0.15) is 5.26 Å². The number of carbonyl (C=O) groups excluding carboxylic acids is 1. The molecule has 1 aliphatic rings. The number of likely N-dealkylation sites (tertiary alicyclic amines) is 1. The number of nitriles is 1. The molecule has 0 aromatic carbocycles. The summed E-state index contributed by atoms with van der Waals surface area (Å²) in [6.45, 7) is 7.72. The van der Waals surface area contributed by atoms with Gasteiger partial charge in [-0.3, -0.25) is 4.79 Å². The van der Waals surface area contributed by atoms with Crippen LogP contribution in [0.2, 0.25) is 0 Å². The molecule has 1 aliphatic heterocycles. The third kappa shape index (κ3) is 4.42. The second-order valence-corrected chi connectivity index (χ2v) is 7.48. The third-order valence-electron chi connectivity index (χ3n) is 3.74. The lowest BCUT2D eigenvalue weighted by atomic mass is 10.1. The Labute approximate surface area is 135 Å². The highest BCUT2D eigenvalue weighted by atomic mass is 32.1. The molecule has 0 aliphatic carbocycles. The van der Waals surface area contributed by atoms with Crippen LogP contribution in [0.25, 0.3) is 0 Å². The first-order valence-corrected chi connectivity index (χ1v) is 8.33. The molecule has 1 aromatic heterocycles. The van der Waals surface area contributed by atoms with Gasteiger partial charge >= 0.3 is 0 Å². The molecule has 0 saturated carbocycles. The molecule has 0 radical (unpaired) electrons. The van der Waals surface area contributed by atoms with E-state index in [1.165, 1.54) is 4.88 Å². The van der Waals surface area contributed by atoms with Crippen molar-refractivity contribution in [2.45, 2.75) is 45.2 Å². The second-order valence-electron chi connectivity index (χ2n) is 6.24. The van der Waals surface area contributed by atoms with Crippen LogP contribution < -0.4 is 10.6 Å². The summed E-state index contributed by atoms with van der Waals surface area (Å²) in [5.41, 5.74) is -0.239. The van der Waals surface area contributed by atoms with Crippen LogP contribution in [-0.4, -0.2) is 47.0 Å². The maximum Gasteiger partial charge on any atom is 0.237 e. The molecule has 1 saturated heterocycles. The lowest BCUT2D eigenvalue weighted by molar-refractivity contribution is -0.130. The maximum absolute atomic E-state index is 12.2. The summed E-state index contributed by atoms with van der Waals surface area (Å²) in [5, 5.41) is 16.5. The minimum Gasteiger partial charge on any atom is -0.360 e. The zero-order valence-corrected chi connectivity index (χ0v) is 14.2.